The standard InChI is InChI=1S/C7H9NO4/c1-12-7(11)5-4(9)2-3-8-6(5)10/h9H,2-3H2,1H3,(H,8,10)/p-1. The third-order valence-electron chi connectivity index (χ3n) is 1.53. The molecule has 0 radical (unpaired) electrons. The van der Waals surface area contributed by atoms with E-state index in [1.54, 1.807) is 0 Å². The number of carbonyl (C=O) groups excluding carboxylic acids is 2. The van der Waals surface area contributed by atoms with Crippen molar-refractivity contribution in [3.8, 4) is 0 Å². The molecule has 0 saturated carbocycles. The normalized spacial score (nSPS) is 17.2. The molecule has 0 aliphatic carbocycles. The molecule has 0 unspecified atom stereocenters. The molecule has 5 nitrogen and oxygen atoms in total. The smallest absolute Gasteiger partial charge is 0.342 e. The van der Waals surface area contributed by atoms with Crippen molar-refractivity contribution in [2.75, 3.05) is 13.7 Å². The Balaban J connectivity index is 2.96. The highest BCUT2D eigenvalue weighted by atomic mass is 16.5. The van der Waals surface area contributed by atoms with Gasteiger partial charge in [0.05, 0.1) is 7.11 Å². The van der Waals surface area contributed by atoms with Crippen LogP contribution in [0, 0.1) is 0 Å². The van der Waals surface area contributed by atoms with Gasteiger partial charge < -0.3 is 15.2 Å². The maximum absolute atomic E-state index is 11.0. The zero-order chi connectivity index (χ0) is 9.14. The van der Waals surface area contributed by atoms with E-state index in [9.17, 15) is 14.7 Å². The van der Waals surface area contributed by atoms with Crippen molar-refractivity contribution >= 4 is 11.9 Å². The van der Waals surface area contributed by atoms with Crippen molar-refractivity contribution in [1.29, 1.82) is 0 Å². The zero-order valence-corrected chi connectivity index (χ0v) is 6.55. The Kier molecular flexibility index (Phi) is 2.32. The Hall–Kier alpha value is -1.52. The molecule has 1 aliphatic rings. The SMILES string of the molecule is COC(=O)C1=C([O-])CCNC1=O. The van der Waals surface area contributed by atoms with Crippen LogP contribution in [0.25, 0.3) is 0 Å². The van der Waals surface area contributed by atoms with Gasteiger partial charge in [-0.15, -0.1) is 5.76 Å². The monoisotopic (exact) mass is 170 g/mol. The van der Waals surface area contributed by atoms with E-state index in [-0.39, 0.29) is 13.0 Å². The van der Waals surface area contributed by atoms with Crippen LogP contribution >= 0.6 is 0 Å². The predicted molar refractivity (Wildman–Crippen MR) is 36.7 cm³/mol. The number of rotatable bonds is 1. The van der Waals surface area contributed by atoms with E-state index < -0.39 is 23.2 Å². The summed E-state index contributed by atoms with van der Waals surface area (Å²) in [6, 6.07) is 0. The first-order valence-electron chi connectivity index (χ1n) is 3.43. The number of hydrogen-bond acceptors (Lipinski definition) is 4. The summed E-state index contributed by atoms with van der Waals surface area (Å²) in [7, 11) is 1.13. The van der Waals surface area contributed by atoms with Crippen LogP contribution in [0.1, 0.15) is 6.42 Å². The van der Waals surface area contributed by atoms with Gasteiger partial charge in [0.2, 0.25) is 0 Å². The van der Waals surface area contributed by atoms with Gasteiger partial charge in [-0.05, 0) is 6.42 Å². The third kappa shape index (κ3) is 1.39. The number of nitrogens with one attached hydrogen (secondary N) is 1. The Morgan fingerprint density at radius 2 is 2.33 bits per heavy atom. The van der Waals surface area contributed by atoms with Crippen molar-refractivity contribution in [2.24, 2.45) is 0 Å². The molecule has 0 aromatic heterocycles. The van der Waals surface area contributed by atoms with Gasteiger partial charge in [-0.3, -0.25) is 4.79 Å². The Labute approximate surface area is 69.0 Å². The van der Waals surface area contributed by atoms with Crippen LogP contribution < -0.4 is 10.4 Å². The van der Waals surface area contributed by atoms with Gasteiger partial charge in [-0.2, -0.15) is 0 Å². The number of hydrogen-bond donors (Lipinski definition) is 1. The number of amides is 1. The summed E-state index contributed by atoms with van der Waals surface area (Å²) < 4.78 is 4.27. The first kappa shape index (κ1) is 8.58. The number of esters is 1. The first-order chi connectivity index (χ1) is 5.66. The summed E-state index contributed by atoms with van der Waals surface area (Å²) in [6.07, 6.45) is 0.163. The van der Waals surface area contributed by atoms with E-state index >= 15 is 0 Å². The molecular formula is C7H8NO4-. The molecule has 0 saturated heterocycles. The van der Waals surface area contributed by atoms with Gasteiger partial charge in [-0.25, -0.2) is 4.79 Å². The second kappa shape index (κ2) is 3.25. The summed E-state index contributed by atoms with van der Waals surface area (Å²) in [5, 5.41) is 13.4. The molecule has 66 valence electrons. The summed E-state index contributed by atoms with van der Waals surface area (Å²) in [4.78, 5) is 21.8. The molecule has 1 aliphatic heterocycles. The van der Waals surface area contributed by atoms with Crippen molar-refractivity contribution in [3.05, 3.63) is 11.3 Å². The Bertz CT molecular complexity index is 256. The molecule has 0 aromatic carbocycles. The number of carbonyl (C=O) groups is 2. The minimum absolute atomic E-state index is 0.163. The van der Waals surface area contributed by atoms with Crippen LogP contribution in [0.15, 0.2) is 11.3 Å². The lowest BCUT2D eigenvalue weighted by atomic mass is 10.1. The van der Waals surface area contributed by atoms with Crippen molar-refractivity contribution in [2.45, 2.75) is 6.42 Å². The van der Waals surface area contributed by atoms with Crippen LogP contribution in [0.5, 0.6) is 0 Å². The average molecular weight is 170 g/mol. The second-order valence-corrected chi connectivity index (χ2v) is 2.30. The molecule has 5 heteroatoms. The fourth-order valence-corrected chi connectivity index (χ4v) is 0.938. The van der Waals surface area contributed by atoms with Gasteiger partial charge in [-0.1, -0.05) is 0 Å². The Morgan fingerprint density at radius 3 is 2.83 bits per heavy atom. The van der Waals surface area contributed by atoms with Crippen molar-refractivity contribution in [1.82, 2.24) is 5.32 Å². The molecular weight excluding hydrogens is 162 g/mol. The van der Waals surface area contributed by atoms with Crippen LogP contribution in [0.2, 0.25) is 0 Å². The maximum atomic E-state index is 11.0. The van der Waals surface area contributed by atoms with E-state index in [4.69, 9.17) is 0 Å². The molecule has 0 fully saturated rings. The van der Waals surface area contributed by atoms with Gasteiger partial charge >= 0.3 is 5.97 Å². The maximum Gasteiger partial charge on any atom is 0.342 e. The summed E-state index contributed by atoms with van der Waals surface area (Å²) >= 11 is 0. The van der Waals surface area contributed by atoms with Gasteiger partial charge in [0.1, 0.15) is 5.57 Å². The zero-order valence-electron chi connectivity index (χ0n) is 6.55. The van der Waals surface area contributed by atoms with Gasteiger partial charge in [0, 0.05) is 6.54 Å². The summed E-state index contributed by atoms with van der Waals surface area (Å²) in [5.41, 5.74) is -0.399. The fourth-order valence-electron chi connectivity index (χ4n) is 0.938. The third-order valence-corrected chi connectivity index (χ3v) is 1.53. The predicted octanol–water partition coefficient (Wildman–Crippen LogP) is -1.71. The lowest BCUT2D eigenvalue weighted by molar-refractivity contribution is -0.308. The van der Waals surface area contributed by atoms with Crippen LogP contribution in [0.3, 0.4) is 0 Å². The largest absolute Gasteiger partial charge is 0.875 e. The lowest BCUT2D eigenvalue weighted by Crippen LogP contribution is -2.38. The topological polar surface area (TPSA) is 78.5 Å². The highest BCUT2D eigenvalue weighted by Gasteiger charge is 2.22. The molecule has 1 N–H and O–H groups in total. The number of ether oxygens (including phenoxy) is 1. The average Bonchev–Trinajstić information content (AvgIpc) is 2.03. The molecule has 12 heavy (non-hydrogen) atoms. The first-order valence-corrected chi connectivity index (χ1v) is 3.43. The lowest BCUT2D eigenvalue weighted by Gasteiger charge is -2.22. The second-order valence-electron chi connectivity index (χ2n) is 2.30. The summed E-state index contributed by atoms with van der Waals surface area (Å²) in [6.45, 7) is 0.290. The molecule has 1 amide bonds. The number of methoxy groups -OCH3 is 1. The molecule has 0 bridgehead atoms. The van der Waals surface area contributed by atoms with Crippen molar-refractivity contribution < 1.29 is 19.4 Å². The van der Waals surface area contributed by atoms with E-state index in [0.717, 1.165) is 7.11 Å². The summed E-state index contributed by atoms with van der Waals surface area (Å²) in [5.74, 6) is -1.96. The fraction of sp³-hybridized carbons (Fsp3) is 0.429. The van der Waals surface area contributed by atoms with Gasteiger partial charge in [0.25, 0.3) is 5.91 Å². The highest BCUT2D eigenvalue weighted by Crippen LogP contribution is 2.09. The van der Waals surface area contributed by atoms with E-state index in [1.807, 2.05) is 0 Å². The minimum Gasteiger partial charge on any atom is -0.875 e. The van der Waals surface area contributed by atoms with Crippen LogP contribution in [-0.2, 0) is 14.3 Å². The van der Waals surface area contributed by atoms with E-state index in [0.29, 0.717) is 0 Å². The molecule has 0 aromatic rings. The molecule has 1 rings (SSSR count). The molecule has 0 atom stereocenters. The quantitative estimate of drug-likeness (QED) is 0.375. The van der Waals surface area contributed by atoms with Crippen LogP contribution in [-0.4, -0.2) is 25.5 Å². The molecule has 1 heterocycles. The van der Waals surface area contributed by atoms with Crippen LogP contribution in [0.4, 0.5) is 0 Å². The van der Waals surface area contributed by atoms with Gasteiger partial charge in [0.15, 0.2) is 0 Å². The minimum atomic E-state index is -0.864. The Morgan fingerprint density at radius 1 is 1.67 bits per heavy atom. The van der Waals surface area contributed by atoms with E-state index in [2.05, 4.69) is 10.1 Å². The molecule has 0 spiro atoms. The highest BCUT2D eigenvalue weighted by molar-refractivity contribution is 6.17. The van der Waals surface area contributed by atoms with Crippen molar-refractivity contribution in [3.63, 3.8) is 0 Å². The van der Waals surface area contributed by atoms with E-state index in [1.165, 1.54) is 0 Å².